The van der Waals surface area contributed by atoms with Gasteiger partial charge in [-0.15, -0.1) is 16.4 Å². The Hall–Kier alpha value is -2.26. The molecule has 3 aromatic heterocycles. The Kier molecular flexibility index (Phi) is 4.47. The van der Waals surface area contributed by atoms with Gasteiger partial charge in [-0.2, -0.15) is 5.10 Å². The number of nitrogens with zero attached hydrogens (tertiary/aromatic N) is 5. The Labute approximate surface area is 181 Å². The minimum absolute atomic E-state index is 0.0177. The minimum atomic E-state index is 0.0177. The van der Waals surface area contributed by atoms with Crippen molar-refractivity contribution in [1.82, 2.24) is 20.1 Å². The van der Waals surface area contributed by atoms with Gasteiger partial charge in [0, 0.05) is 43.4 Å². The molecule has 2 aliphatic rings. The highest BCUT2D eigenvalue weighted by atomic mass is 79.9. The van der Waals surface area contributed by atoms with Crippen molar-refractivity contribution in [3.8, 4) is 0 Å². The molecule has 2 saturated heterocycles. The molecule has 5 rings (SSSR count). The normalized spacial score (nSPS) is 21.2. The number of hydrogen-bond donors (Lipinski definition) is 1. The number of thiophene rings is 1. The maximum absolute atomic E-state index is 13.2. The van der Waals surface area contributed by atoms with Crippen LogP contribution in [0.25, 0.3) is 10.2 Å². The monoisotopic (exact) mass is 472 g/mol. The molecule has 3 aromatic rings. The molecule has 0 aliphatic carbocycles. The summed E-state index contributed by atoms with van der Waals surface area (Å²) in [6, 6.07) is 5.98. The van der Waals surface area contributed by atoms with Crippen LogP contribution in [0.4, 0.5) is 11.5 Å². The number of nitrogens with two attached hydrogens (primary N) is 1. The van der Waals surface area contributed by atoms with Gasteiger partial charge in [0.05, 0.1) is 11.4 Å². The molecule has 9 heteroatoms. The maximum atomic E-state index is 13.2. The third kappa shape index (κ3) is 3.07. The van der Waals surface area contributed by atoms with E-state index in [4.69, 9.17) is 5.73 Å². The van der Waals surface area contributed by atoms with Gasteiger partial charge in [0.15, 0.2) is 0 Å². The molecule has 1 amide bonds. The molecule has 2 unspecified atom stereocenters. The van der Waals surface area contributed by atoms with Crippen LogP contribution in [-0.4, -0.2) is 52.2 Å². The minimum Gasteiger partial charge on any atom is -0.397 e. The number of hydrogen-bond acceptors (Lipinski definition) is 7. The quantitative estimate of drug-likeness (QED) is 0.575. The lowest BCUT2D eigenvalue weighted by molar-refractivity contribution is 0.0788. The van der Waals surface area contributed by atoms with E-state index in [1.165, 1.54) is 11.3 Å². The van der Waals surface area contributed by atoms with E-state index in [-0.39, 0.29) is 5.91 Å². The number of halogens is 1. The number of carbonyl (C=O) groups excluding carboxylic acids is 1. The Morgan fingerprint density at radius 3 is 2.59 bits per heavy atom. The van der Waals surface area contributed by atoms with Gasteiger partial charge < -0.3 is 15.5 Å². The second-order valence-corrected chi connectivity index (χ2v) is 9.70. The third-order valence-electron chi connectivity index (χ3n) is 6.13. The summed E-state index contributed by atoms with van der Waals surface area (Å²) in [6.45, 7) is 7.24. The summed E-state index contributed by atoms with van der Waals surface area (Å²) < 4.78 is 0.845. The van der Waals surface area contributed by atoms with Gasteiger partial charge in [-0.3, -0.25) is 4.79 Å². The third-order valence-corrected chi connectivity index (χ3v) is 7.65. The van der Waals surface area contributed by atoms with Crippen molar-refractivity contribution >= 4 is 54.9 Å². The van der Waals surface area contributed by atoms with E-state index in [1.54, 1.807) is 0 Å². The summed E-state index contributed by atoms with van der Waals surface area (Å²) in [7, 11) is 0. The number of aryl methyl sites for hydroxylation is 2. The first-order valence-electron chi connectivity index (χ1n) is 9.61. The van der Waals surface area contributed by atoms with Gasteiger partial charge in [-0.05, 0) is 47.5 Å². The molecular weight excluding hydrogens is 452 g/mol. The number of nitrogen functional groups attached to an aromatic ring is 1. The van der Waals surface area contributed by atoms with Crippen molar-refractivity contribution in [1.29, 1.82) is 0 Å². The number of carbonyl (C=O) groups is 1. The molecular formula is C20H21BrN6OS. The lowest BCUT2D eigenvalue weighted by atomic mass is 10.0. The number of rotatable bonds is 2. The molecule has 2 fully saturated rings. The van der Waals surface area contributed by atoms with Crippen LogP contribution in [0.3, 0.4) is 0 Å². The van der Waals surface area contributed by atoms with E-state index in [0.717, 1.165) is 58.1 Å². The summed E-state index contributed by atoms with van der Waals surface area (Å²) in [5.74, 6) is 1.92. The van der Waals surface area contributed by atoms with Gasteiger partial charge in [0.1, 0.15) is 20.1 Å². The van der Waals surface area contributed by atoms with Gasteiger partial charge >= 0.3 is 0 Å². The smallest absolute Gasteiger partial charge is 0.266 e. The fourth-order valence-corrected chi connectivity index (χ4v) is 5.87. The summed E-state index contributed by atoms with van der Waals surface area (Å²) >= 11 is 4.80. The summed E-state index contributed by atoms with van der Waals surface area (Å²) in [4.78, 5) is 23.4. The number of fused-ring (bicyclic) bond motifs is 2. The van der Waals surface area contributed by atoms with Crippen molar-refractivity contribution in [3.63, 3.8) is 0 Å². The molecule has 29 heavy (non-hydrogen) atoms. The van der Waals surface area contributed by atoms with Crippen LogP contribution in [0.15, 0.2) is 22.8 Å². The molecule has 150 valence electrons. The maximum Gasteiger partial charge on any atom is 0.266 e. The molecule has 2 N–H and O–H groups in total. The van der Waals surface area contributed by atoms with E-state index >= 15 is 0 Å². The number of anilines is 2. The van der Waals surface area contributed by atoms with Crippen LogP contribution < -0.4 is 10.6 Å². The molecule has 2 atom stereocenters. The van der Waals surface area contributed by atoms with Crippen molar-refractivity contribution < 1.29 is 4.79 Å². The first-order valence-corrected chi connectivity index (χ1v) is 11.2. The molecule has 0 aromatic carbocycles. The van der Waals surface area contributed by atoms with Gasteiger partial charge in [0.25, 0.3) is 5.91 Å². The number of likely N-dealkylation sites (tertiary alicyclic amines) is 1. The highest BCUT2D eigenvalue weighted by Crippen LogP contribution is 2.38. The van der Waals surface area contributed by atoms with E-state index < -0.39 is 0 Å². The molecule has 2 aliphatic heterocycles. The first kappa shape index (κ1) is 18.7. The van der Waals surface area contributed by atoms with Crippen molar-refractivity contribution in [2.24, 2.45) is 11.8 Å². The number of pyridine rings is 1. The van der Waals surface area contributed by atoms with Crippen LogP contribution >= 0.6 is 27.3 Å². The van der Waals surface area contributed by atoms with E-state index in [9.17, 15) is 4.79 Å². The summed E-state index contributed by atoms with van der Waals surface area (Å²) in [5.41, 5.74) is 8.77. The Balaban J connectivity index is 1.35. The second kappa shape index (κ2) is 6.91. The topological polar surface area (TPSA) is 88.2 Å². The van der Waals surface area contributed by atoms with Gasteiger partial charge in [-0.1, -0.05) is 6.07 Å². The van der Waals surface area contributed by atoms with E-state index in [0.29, 0.717) is 22.4 Å². The largest absolute Gasteiger partial charge is 0.397 e. The van der Waals surface area contributed by atoms with Crippen molar-refractivity contribution in [2.45, 2.75) is 13.8 Å². The Morgan fingerprint density at radius 2 is 1.90 bits per heavy atom. The predicted molar refractivity (Wildman–Crippen MR) is 118 cm³/mol. The predicted octanol–water partition coefficient (Wildman–Crippen LogP) is 3.26. The van der Waals surface area contributed by atoms with Crippen molar-refractivity contribution in [3.05, 3.63) is 38.9 Å². The molecule has 0 saturated carbocycles. The lowest BCUT2D eigenvalue weighted by Crippen LogP contribution is -2.33. The average molecular weight is 473 g/mol. The zero-order valence-electron chi connectivity index (χ0n) is 16.2. The lowest BCUT2D eigenvalue weighted by Gasteiger charge is -2.22. The SMILES string of the molecule is Cc1nnc2sc(C(=O)N3CC4CN(c5cccc(Br)n5)CC4C3)c(N)c2c1C. The highest BCUT2D eigenvalue weighted by Gasteiger charge is 2.42. The van der Waals surface area contributed by atoms with Crippen molar-refractivity contribution in [2.75, 3.05) is 36.8 Å². The highest BCUT2D eigenvalue weighted by molar-refractivity contribution is 9.10. The van der Waals surface area contributed by atoms with Crippen LogP contribution in [0, 0.1) is 25.7 Å². The van der Waals surface area contributed by atoms with Crippen LogP contribution in [-0.2, 0) is 0 Å². The zero-order chi connectivity index (χ0) is 20.3. The molecule has 5 heterocycles. The standard InChI is InChI=1S/C20H21BrN6OS/c1-10-11(2)24-25-19-16(10)17(22)18(29-19)20(28)27-8-12-6-26(7-13(12)9-27)15-5-3-4-14(21)23-15/h3-5,12-13H,6-9,22H2,1-2H3. The fourth-order valence-electron chi connectivity index (χ4n) is 4.46. The first-order chi connectivity index (χ1) is 13.9. The molecule has 7 nitrogen and oxygen atoms in total. The zero-order valence-corrected chi connectivity index (χ0v) is 18.6. The number of aromatic nitrogens is 3. The molecule has 0 bridgehead atoms. The Morgan fingerprint density at radius 1 is 1.17 bits per heavy atom. The summed E-state index contributed by atoms with van der Waals surface area (Å²) in [5, 5.41) is 9.29. The van der Waals surface area contributed by atoms with Crippen LogP contribution in [0.1, 0.15) is 20.9 Å². The van der Waals surface area contributed by atoms with Gasteiger partial charge in [-0.25, -0.2) is 4.98 Å². The van der Waals surface area contributed by atoms with E-state index in [2.05, 4.69) is 36.0 Å². The fraction of sp³-hybridized carbons (Fsp3) is 0.400. The van der Waals surface area contributed by atoms with Crippen LogP contribution in [0.5, 0.6) is 0 Å². The summed E-state index contributed by atoms with van der Waals surface area (Å²) in [6.07, 6.45) is 0. The van der Waals surface area contributed by atoms with E-state index in [1.807, 2.05) is 36.9 Å². The van der Waals surface area contributed by atoms with Gasteiger partial charge in [0.2, 0.25) is 0 Å². The average Bonchev–Trinajstić information content (AvgIpc) is 3.36. The second-order valence-electron chi connectivity index (χ2n) is 7.89. The molecule has 0 spiro atoms. The molecule has 0 radical (unpaired) electrons. The van der Waals surface area contributed by atoms with Crippen LogP contribution in [0.2, 0.25) is 0 Å². The number of amides is 1. The Bertz CT molecular complexity index is 1120.